The van der Waals surface area contributed by atoms with Crippen LogP contribution in [0.25, 0.3) is 0 Å². The van der Waals surface area contributed by atoms with E-state index in [0.29, 0.717) is 5.02 Å². The van der Waals surface area contributed by atoms with Crippen LogP contribution in [0, 0.1) is 0 Å². The van der Waals surface area contributed by atoms with Crippen LogP contribution in [0.2, 0.25) is 5.02 Å². The fourth-order valence-corrected chi connectivity index (χ4v) is 2.20. The fraction of sp³-hybridized carbons (Fsp3) is 0.235. The Morgan fingerprint density at radius 3 is 2.24 bits per heavy atom. The molecule has 0 bridgehead atoms. The quantitative estimate of drug-likeness (QED) is 0.876. The number of carbonyl (C=O) groups excluding carboxylic acids is 1. The minimum atomic E-state index is -0.295. The zero-order chi connectivity index (χ0) is 15.2. The van der Waals surface area contributed by atoms with Gasteiger partial charge >= 0.3 is 0 Å². The van der Waals surface area contributed by atoms with Crippen molar-refractivity contribution in [2.45, 2.75) is 25.9 Å². The lowest BCUT2D eigenvalue weighted by Gasteiger charge is -2.20. The van der Waals surface area contributed by atoms with E-state index in [1.807, 2.05) is 68.4 Å². The summed E-state index contributed by atoms with van der Waals surface area (Å²) in [6.07, 6.45) is 0. The van der Waals surface area contributed by atoms with E-state index in [0.717, 1.165) is 11.3 Å². The van der Waals surface area contributed by atoms with Gasteiger partial charge in [-0.3, -0.25) is 10.1 Å². The Bertz CT molecular complexity index is 583. The van der Waals surface area contributed by atoms with E-state index in [9.17, 15) is 4.79 Å². The monoisotopic (exact) mass is 302 g/mol. The molecule has 0 radical (unpaired) electrons. The van der Waals surface area contributed by atoms with Crippen molar-refractivity contribution in [1.29, 1.82) is 0 Å². The highest BCUT2D eigenvalue weighted by molar-refractivity contribution is 6.30. The number of rotatable bonds is 5. The minimum absolute atomic E-state index is 0.0537. The van der Waals surface area contributed by atoms with Gasteiger partial charge in [-0.25, -0.2) is 0 Å². The van der Waals surface area contributed by atoms with Crippen LogP contribution in [-0.4, -0.2) is 11.9 Å². The molecule has 0 unspecified atom stereocenters. The lowest BCUT2D eigenvalue weighted by Crippen LogP contribution is -2.39. The van der Waals surface area contributed by atoms with Crippen molar-refractivity contribution in [2.75, 3.05) is 5.32 Å². The summed E-state index contributed by atoms with van der Waals surface area (Å²) in [6, 6.07) is 16.8. The second-order valence-corrected chi connectivity index (χ2v) is 5.45. The van der Waals surface area contributed by atoms with Crippen molar-refractivity contribution in [1.82, 2.24) is 5.32 Å². The smallest absolute Gasteiger partial charge is 0.241 e. The summed E-state index contributed by atoms with van der Waals surface area (Å²) in [4.78, 5) is 12.1. The number of halogens is 1. The molecule has 1 amide bonds. The summed E-state index contributed by atoms with van der Waals surface area (Å²) in [7, 11) is 0. The van der Waals surface area contributed by atoms with Crippen LogP contribution >= 0.6 is 11.6 Å². The molecule has 3 nitrogen and oxygen atoms in total. The molecule has 0 heterocycles. The average molecular weight is 303 g/mol. The average Bonchev–Trinajstić information content (AvgIpc) is 2.48. The summed E-state index contributed by atoms with van der Waals surface area (Å²) in [5.74, 6) is -0.0537. The Kier molecular flexibility index (Phi) is 5.37. The highest BCUT2D eigenvalue weighted by atomic mass is 35.5. The third-order valence-electron chi connectivity index (χ3n) is 3.30. The molecule has 2 rings (SSSR count). The third-order valence-corrected chi connectivity index (χ3v) is 3.56. The predicted octanol–water partition coefficient (Wildman–Crippen LogP) is 4.02. The molecule has 0 saturated heterocycles. The van der Waals surface area contributed by atoms with Crippen LogP contribution in [0.5, 0.6) is 0 Å². The Morgan fingerprint density at radius 1 is 1.00 bits per heavy atom. The SMILES string of the molecule is C[C@H](N[C@@H](C)c1ccc(Cl)cc1)C(=O)Nc1ccccc1. The minimum Gasteiger partial charge on any atom is -0.325 e. The third kappa shape index (κ3) is 4.59. The van der Waals surface area contributed by atoms with Crippen LogP contribution in [-0.2, 0) is 4.79 Å². The summed E-state index contributed by atoms with van der Waals surface area (Å²) >= 11 is 5.88. The van der Waals surface area contributed by atoms with Gasteiger partial charge in [-0.2, -0.15) is 0 Å². The van der Waals surface area contributed by atoms with Crippen molar-refractivity contribution >= 4 is 23.2 Å². The van der Waals surface area contributed by atoms with Gasteiger partial charge in [0, 0.05) is 16.8 Å². The zero-order valence-electron chi connectivity index (χ0n) is 12.1. The Balaban J connectivity index is 1.92. The van der Waals surface area contributed by atoms with E-state index >= 15 is 0 Å². The molecule has 0 fully saturated rings. The van der Waals surface area contributed by atoms with Crippen LogP contribution < -0.4 is 10.6 Å². The molecule has 2 aromatic rings. The van der Waals surface area contributed by atoms with E-state index in [-0.39, 0.29) is 18.0 Å². The van der Waals surface area contributed by atoms with E-state index < -0.39 is 0 Å². The molecule has 0 saturated carbocycles. The lowest BCUT2D eigenvalue weighted by molar-refractivity contribution is -0.117. The molecule has 0 aromatic heterocycles. The molecule has 2 N–H and O–H groups in total. The maximum atomic E-state index is 12.1. The highest BCUT2D eigenvalue weighted by Gasteiger charge is 2.16. The number of hydrogen-bond acceptors (Lipinski definition) is 2. The van der Waals surface area contributed by atoms with Crippen LogP contribution in [0.4, 0.5) is 5.69 Å². The molecule has 0 aliphatic rings. The van der Waals surface area contributed by atoms with Crippen LogP contribution in [0.15, 0.2) is 54.6 Å². The Labute approximate surface area is 130 Å². The molecular formula is C17H19ClN2O. The summed E-state index contributed by atoms with van der Waals surface area (Å²) in [6.45, 7) is 3.88. The number of hydrogen-bond donors (Lipinski definition) is 2. The summed E-state index contributed by atoms with van der Waals surface area (Å²) in [5, 5.41) is 6.87. The first-order valence-corrected chi connectivity index (χ1v) is 7.31. The normalized spacial score (nSPS) is 13.5. The molecule has 21 heavy (non-hydrogen) atoms. The second kappa shape index (κ2) is 7.25. The number of para-hydroxylation sites is 1. The van der Waals surface area contributed by atoms with Gasteiger partial charge in [-0.05, 0) is 43.7 Å². The first kappa shape index (κ1) is 15.5. The lowest BCUT2D eigenvalue weighted by atomic mass is 10.1. The van der Waals surface area contributed by atoms with Gasteiger partial charge in [-0.1, -0.05) is 41.9 Å². The van der Waals surface area contributed by atoms with Crippen molar-refractivity contribution in [3.05, 3.63) is 65.2 Å². The van der Waals surface area contributed by atoms with Gasteiger partial charge in [0.2, 0.25) is 5.91 Å². The van der Waals surface area contributed by atoms with Crippen molar-refractivity contribution < 1.29 is 4.79 Å². The van der Waals surface area contributed by atoms with Crippen LogP contribution in [0.1, 0.15) is 25.5 Å². The van der Waals surface area contributed by atoms with Gasteiger partial charge in [0.1, 0.15) is 0 Å². The van der Waals surface area contributed by atoms with Gasteiger partial charge in [0.25, 0.3) is 0 Å². The number of carbonyl (C=O) groups is 1. The molecule has 2 atom stereocenters. The van der Waals surface area contributed by atoms with Crippen molar-refractivity contribution in [3.63, 3.8) is 0 Å². The highest BCUT2D eigenvalue weighted by Crippen LogP contribution is 2.16. The Hall–Kier alpha value is -1.84. The fourth-order valence-electron chi connectivity index (χ4n) is 2.07. The maximum Gasteiger partial charge on any atom is 0.241 e. The van der Waals surface area contributed by atoms with Crippen molar-refractivity contribution in [3.8, 4) is 0 Å². The maximum absolute atomic E-state index is 12.1. The van der Waals surface area contributed by atoms with Crippen LogP contribution in [0.3, 0.4) is 0 Å². The summed E-state index contributed by atoms with van der Waals surface area (Å²) in [5.41, 5.74) is 1.90. The molecule has 2 aromatic carbocycles. The molecule has 0 aliphatic carbocycles. The van der Waals surface area contributed by atoms with Crippen molar-refractivity contribution in [2.24, 2.45) is 0 Å². The molecule has 110 valence electrons. The van der Waals surface area contributed by atoms with E-state index in [4.69, 9.17) is 11.6 Å². The first-order chi connectivity index (χ1) is 10.1. The molecule has 0 aliphatic heterocycles. The number of nitrogens with one attached hydrogen (secondary N) is 2. The van der Waals surface area contributed by atoms with E-state index in [2.05, 4.69) is 10.6 Å². The van der Waals surface area contributed by atoms with Gasteiger partial charge in [0.05, 0.1) is 6.04 Å². The largest absolute Gasteiger partial charge is 0.325 e. The zero-order valence-corrected chi connectivity index (χ0v) is 12.9. The second-order valence-electron chi connectivity index (χ2n) is 5.02. The summed E-state index contributed by atoms with van der Waals surface area (Å²) < 4.78 is 0. The molecule has 4 heteroatoms. The first-order valence-electron chi connectivity index (χ1n) is 6.93. The Morgan fingerprint density at radius 2 is 1.62 bits per heavy atom. The van der Waals surface area contributed by atoms with E-state index in [1.165, 1.54) is 0 Å². The predicted molar refractivity (Wildman–Crippen MR) is 87.5 cm³/mol. The molecule has 0 spiro atoms. The number of benzene rings is 2. The van der Waals surface area contributed by atoms with Gasteiger partial charge < -0.3 is 5.32 Å². The number of amides is 1. The standard InChI is InChI=1S/C17H19ClN2O/c1-12(14-8-10-15(18)11-9-14)19-13(2)17(21)20-16-6-4-3-5-7-16/h3-13,19H,1-2H3,(H,20,21)/t12-,13-/m0/s1. The van der Waals surface area contributed by atoms with Gasteiger partial charge in [-0.15, -0.1) is 0 Å². The topological polar surface area (TPSA) is 41.1 Å². The number of anilines is 1. The molecular weight excluding hydrogens is 284 g/mol. The van der Waals surface area contributed by atoms with E-state index in [1.54, 1.807) is 0 Å². The van der Waals surface area contributed by atoms with Gasteiger partial charge in [0.15, 0.2) is 0 Å².